The fraction of sp³-hybridized carbons (Fsp3) is 0.419. The van der Waals surface area contributed by atoms with Crippen LogP contribution >= 0.6 is 0 Å². The fourth-order valence-electron chi connectivity index (χ4n) is 7.07. The first-order valence-corrected chi connectivity index (χ1v) is 13.0. The number of aromatic nitrogens is 4. The van der Waals surface area contributed by atoms with Gasteiger partial charge in [-0.3, -0.25) is 0 Å². The standard InChI is InChI=1S/C31H36FN4/c1-11-30(9)24-14-18(4)28(36-20(6)15-19(5)33-36)25-23-13-16(2)12-17(3)27(23)34-21(7)22(8)35(31(30,10)32)29(34)26(24)25/h12-15H,11H2,1-10H3/q+1/t30?,31-/m1/s1. The molecule has 1 unspecified atom stereocenters. The molecule has 0 spiro atoms. The van der Waals surface area contributed by atoms with Gasteiger partial charge in [-0.2, -0.15) is 18.5 Å². The van der Waals surface area contributed by atoms with E-state index in [0.29, 0.717) is 6.42 Å². The van der Waals surface area contributed by atoms with Crippen LogP contribution in [0.25, 0.3) is 33.0 Å². The van der Waals surface area contributed by atoms with Gasteiger partial charge < -0.3 is 0 Å². The van der Waals surface area contributed by atoms with E-state index in [1.54, 1.807) is 6.92 Å². The minimum atomic E-state index is -1.58. The highest BCUT2D eigenvalue weighted by Gasteiger charge is 2.57. The second kappa shape index (κ2) is 6.96. The van der Waals surface area contributed by atoms with Gasteiger partial charge in [-0.1, -0.05) is 19.1 Å². The van der Waals surface area contributed by atoms with Gasteiger partial charge in [0.2, 0.25) is 0 Å². The fourth-order valence-corrected chi connectivity index (χ4v) is 7.07. The quantitative estimate of drug-likeness (QED) is 0.193. The second-order valence-electron chi connectivity index (χ2n) is 11.5. The molecule has 1 aliphatic heterocycles. The number of halogens is 1. The monoisotopic (exact) mass is 483 g/mol. The summed E-state index contributed by atoms with van der Waals surface area (Å²) in [7, 11) is 0. The van der Waals surface area contributed by atoms with E-state index in [-0.39, 0.29) is 0 Å². The summed E-state index contributed by atoms with van der Waals surface area (Å²) in [6.07, 6.45) is 0.695. The van der Waals surface area contributed by atoms with Gasteiger partial charge in [-0.25, -0.2) is 4.68 Å². The molecule has 0 bridgehead atoms. The van der Waals surface area contributed by atoms with E-state index in [1.165, 1.54) is 21.9 Å². The van der Waals surface area contributed by atoms with Crippen LogP contribution in [0.15, 0.2) is 24.3 Å². The molecule has 5 heteroatoms. The molecule has 0 aliphatic carbocycles. The molecule has 0 fully saturated rings. The smallest absolute Gasteiger partial charge is 0.237 e. The maximum Gasteiger partial charge on any atom is 0.298 e. The Hall–Kier alpha value is -3.21. The van der Waals surface area contributed by atoms with Gasteiger partial charge >= 0.3 is 0 Å². The maximum absolute atomic E-state index is 17.3. The first kappa shape index (κ1) is 23.2. The van der Waals surface area contributed by atoms with Crippen LogP contribution in [-0.2, 0) is 11.2 Å². The number of imidazole rings is 1. The van der Waals surface area contributed by atoms with E-state index in [1.807, 2.05) is 11.5 Å². The molecular weight excluding hydrogens is 447 g/mol. The summed E-state index contributed by atoms with van der Waals surface area (Å²) in [5, 5.41) is 8.46. The van der Waals surface area contributed by atoms with E-state index in [9.17, 15) is 0 Å². The van der Waals surface area contributed by atoms with E-state index >= 15 is 4.39 Å². The van der Waals surface area contributed by atoms with Crippen molar-refractivity contribution in [3.8, 4) is 5.69 Å². The third-order valence-corrected chi connectivity index (χ3v) is 9.22. The lowest BCUT2D eigenvalue weighted by molar-refractivity contribution is -0.784. The average Bonchev–Trinajstić information content (AvgIpc) is 3.26. The Labute approximate surface area is 212 Å². The molecule has 0 N–H and O–H groups in total. The van der Waals surface area contributed by atoms with E-state index in [4.69, 9.17) is 5.10 Å². The van der Waals surface area contributed by atoms with Crippen LogP contribution in [0.1, 0.15) is 72.2 Å². The van der Waals surface area contributed by atoms with Crippen molar-refractivity contribution in [3.63, 3.8) is 0 Å². The Morgan fingerprint density at radius 2 is 1.61 bits per heavy atom. The van der Waals surface area contributed by atoms with Crippen LogP contribution < -0.4 is 4.57 Å². The largest absolute Gasteiger partial charge is 0.298 e. The molecule has 1 aliphatic rings. The normalized spacial score (nSPS) is 21.5. The van der Waals surface area contributed by atoms with Gasteiger partial charge in [0, 0.05) is 37.2 Å². The molecule has 2 aromatic carbocycles. The number of alkyl halides is 1. The minimum absolute atomic E-state index is 0.688. The predicted octanol–water partition coefficient (Wildman–Crippen LogP) is 7.20. The summed E-state index contributed by atoms with van der Waals surface area (Å²) in [6, 6.07) is 8.91. The molecule has 6 rings (SSSR count). The lowest BCUT2D eigenvalue weighted by Crippen LogP contribution is -2.65. The van der Waals surface area contributed by atoms with Crippen LogP contribution in [0, 0.1) is 48.5 Å². The highest BCUT2D eigenvalue weighted by molar-refractivity contribution is 6.18. The van der Waals surface area contributed by atoms with Crippen molar-refractivity contribution in [1.29, 1.82) is 0 Å². The highest BCUT2D eigenvalue weighted by Crippen LogP contribution is 2.52. The number of rotatable bonds is 2. The summed E-state index contributed by atoms with van der Waals surface area (Å²) in [5.41, 5.74) is 11.3. The van der Waals surface area contributed by atoms with Gasteiger partial charge in [-0.15, -0.1) is 0 Å². The first-order chi connectivity index (χ1) is 16.8. The van der Waals surface area contributed by atoms with E-state index < -0.39 is 11.2 Å². The highest BCUT2D eigenvalue weighted by atomic mass is 19.1. The molecule has 4 nitrogen and oxygen atoms in total. The van der Waals surface area contributed by atoms with Crippen molar-refractivity contribution in [2.45, 2.75) is 86.9 Å². The molecular formula is C31H36FN4+. The molecule has 4 heterocycles. The predicted molar refractivity (Wildman–Crippen MR) is 145 cm³/mol. The molecule has 36 heavy (non-hydrogen) atoms. The van der Waals surface area contributed by atoms with Crippen LogP contribution in [0.5, 0.6) is 0 Å². The number of aryl methyl sites for hydroxylation is 6. The van der Waals surface area contributed by atoms with E-state index in [0.717, 1.165) is 56.1 Å². The van der Waals surface area contributed by atoms with Crippen LogP contribution in [0.2, 0.25) is 0 Å². The molecule has 0 saturated carbocycles. The van der Waals surface area contributed by atoms with Gasteiger partial charge in [0.15, 0.2) is 0 Å². The average molecular weight is 484 g/mol. The van der Waals surface area contributed by atoms with Gasteiger partial charge in [-0.05, 0) is 82.3 Å². The SMILES string of the molecule is CCC1(C)c2cc(C)c(-n3nc(C)cc3C)c3c4cc(C)cc(C)c4n4c(C)c(C)[n+](c4c23)[C@@]1(C)F. The molecule has 3 aromatic heterocycles. The summed E-state index contributed by atoms with van der Waals surface area (Å²) in [4.78, 5) is 0. The Morgan fingerprint density at radius 1 is 0.917 bits per heavy atom. The van der Waals surface area contributed by atoms with Crippen molar-refractivity contribution in [2.24, 2.45) is 0 Å². The number of hydrogen-bond donors (Lipinski definition) is 0. The summed E-state index contributed by atoms with van der Waals surface area (Å²) in [5.74, 6) is -1.58. The Morgan fingerprint density at radius 3 is 2.22 bits per heavy atom. The molecule has 186 valence electrons. The zero-order chi connectivity index (χ0) is 26.1. The van der Waals surface area contributed by atoms with Crippen molar-refractivity contribution in [3.05, 3.63) is 69.3 Å². The second-order valence-corrected chi connectivity index (χ2v) is 11.5. The van der Waals surface area contributed by atoms with Crippen molar-refractivity contribution < 1.29 is 8.96 Å². The summed E-state index contributed by atoms with van der Waals surface area (Å²) >= 11 is 0. The molecule has 0 saturated heterocycles. The third-order valence-electron chi connectivity index (χ3n) is 9.22. The van der Waals surface area contributed by atoms with Gasteiger partial charge in [0.25, 0.3) is 11.4 Å². The minimum Gasteiger partial charge on any atom is -0.237 e. The molecule has 2 atom stereocenters. The summed E-state index contributed by atoms with van der Waals surface area (Å²) < 4.78 is 23.7. The maximum atomic E-state index is 17.3. The van der Waals surface area contributed by atoms with Crippen molar-refractivity contribution in [2.75, 3.05) is 0 Å². The van der Waals surface area contributed by atoms with Gasteiger partial charge in [0.05, 0.1) is 22.2 Å². The van der Waals surface area contributed by atoms with Gasteiger partial charge in [0.1, 0.15) is 16.9 Å². The number of fused-ring (bicyclic) bond motifs is 3. The van der Waals surface area contributed by atoms with Crippen molar-refractivity contribution in [1.82, 2.24) is 14.2 Å². The Kier molecular flexibility index (Phi) is 4.49. The number of nitrogens with zero attached hydrogens (tertiary/aromatic N) is 4. The zero-order valence-corrected chi connectivity index (χ0v) is 23.2. The number of hydrogen-bond acceptors (Lipinski definition) is 1. The molecule has 0 radical (unpaired) electrons. The van der Waals surface area contributed by atoms with Crippen LogP contribution in [0.4, 0.5) is 4.39 Å². The topological polar surface area (TPSA) is 26.1 Å². The Bertz CT molecular complexity index is 1780. The first-order valence-electron chi connectivity index (χ1n) is 13.0. The van der Waals surface area contributed by atoms with Crippen molar-refractivity contribution >= 4 is 27.3 Å². The third kappa shape index (κ3) is 2.49. The number of benzene rings is 2. The number of pyridine rings is 1. The van der Waals surface area contributed by atoms with E-state index in [2.05, 4.69) is 88.7 Å². The van der Waals surface area contributed by atoms with Crippen LogP contribution in [-0.4, -0.2) is 14.2 Å². The van der Waals surface area contributed by atoms with Crippen LogP contribution in [0.3, 0.4) is 0 Å². The zero-order valence-electron chi connectivity index (χ0n) is 23.2. The lowest BCUT2D eigenvalue weighted by Gasteiger charge is -2.42. The lowest BCUT2D eigenvalue weighted by atomic mass is 9.68. The molecule has 0 amide bonds. The summed E-state index contributed by atoms with van der Waals surface area (Å²) in [6.45, 7) is 20.8. The molecule has 5 aromatic rings. The Balaban J connectivity index is 2.07.